The fourth-order valence-corrected chi connectivity index (χ4v) is 4.36. The highest BCUT2D eigenvalue weighted by Crippen LogP contribution is 2.38. The van der Waals surface area contributed by atoms with Crippen LogP contribution in [-0.2, 0) is 0 Å². The van der Waals surface area contributed by atoms with Gasteiger partial charge in [0.15, 0.2) is 5.11 Å². The van der Waals surface area contributed by atoms with Gasteiger partial charge in [-0.1, -0.05) is 23.4 Å². The van der Waals surface area contributed by atoms with Gasteiger partial charge in [-0.05, 0) is 55.2 Å². The largest absolute Gasteiger partial charge is 0.497 e. The van der Waals surface area contributed by atoms with Crippen LogP contribution in [0.15, 0.2) is 52.0 Å². The number of hydrogen-bond acceptors (Lipinski definition) is 6. The smallest absolute Gasteiger partial charge is 0.258 e. The molecular formula is C20H20N4O2S2. The van der Waals surface area contributed by atoms with Gasteiger partial charge in [0.25, 0.3) is 5.89 Å². The second kappa shape index (κ2) is 7.73. The zero-order valence-electron chi connectivity index (χ0n) is 15.8. The number of ether oxygens (including phenoxy) is 1. The van der Waals surface area contributed by atoms with Crippen molar-refractivity contribution in [3.63, 3.8) is 0 Å². The standard InChI is InChI=1S/C20H20N4O2S2/c1-4-24-12(2)16(19-22-18(23-26-19)15-6-5-11-28-15)17(21-20(24)27)13-7-9-14(25-3)10-8-13/h5-11,17H,4H2,1-3H3,(H,21,27). The van der Waals surface area contributed by atoms with Crippen molar-refractivity contribution in [2.45, 2.75) is 19.9 Å². The maximum absolute atomic E-state index is 5.68. The Kier molecular flexibility index (Phi) is 5.15. The summed E-state index contributed by atoms with van der Waals surface area (Å²) in [5.41, 5.74) is 2.98. The van der Waals surface area contributed by atoms with Crippen molar-refractivity contribution in [3.8, 4) is 16.5 Å². The van der Waals surface area contributed by atoms with Crippen molar-refractivity contribution in [2.24, 2.45) is 0 Å². The average molecular weight is 413 g/mol. The van der Waals surface area contributed by atoms with Crippen LogP contribution < -0.4 is 10.1 Å². The van der Waals surface area contributed by atoms with E-state index in [1.165, 1.54) is 0 Å². The van der Waals surface area contributed by atoms with Gasteiger partial charge >= 0.3 is 0 Å². The van der Waals surface area contributed by atoms with E-state index in [2.05, 4.69) is 22.4 Å². The van der Waals surface area contributed by atoms with Crippen LogP contribution in [0.4, 0.5) is 0 Å². The van der Waals surface area contributed by atoms with Gasteiger partial charge in [0.2, 0.25) is 5.82 Å². The molecule has 1 aromatic carbocycles. The van der Waals surface area contributed by atoms with Crippen LogP contribution in [0.1, 0.15) is 31.3 Å². The van der Waals surface area contributed by atoms with Gasteiger partial charge in [-0.25, -0.2) is 0 Å². The highest BCUT2D eigenvalue weighted by atomic mass is 32.1. The molecule has 0 radical (unpaired) electrons. The van der Waals surface area contributed by atoms with Crippen molar-refractivity contribution < 1.29 is 9.26 Å². The van der Waals surface area contributed by atoms with Crippen molar-refractivity contribution in [1.29, 1.82) is 0 Å². The monoisotopic (exact) mass is 412 g/mol. The van der Waals surface area contributed by atoms with E-state index in [-0.39, 0.29) is 6.04 Å². The Bertz CT molecular complexity index is 1010. The van der Waals surface area contributed by atoms with E-state index in [1.54, 1.807) is 18.4 Å². The summed E-state index contributed by atoms with van der Waals surface area (Å²) in [6.45, 7) is 4.85. The summed E-state index contributed by atoms with van der Waals surface area (Å²) in [7, 11) is 1.65. The first kappa shape index (κ1) is 18.6. The molecule has 4 rings (SSSR count). The first-order valence-corrected chi connectivity index (χ1v) is 10.2. The topological polar surface area (TPSA) is 63.4 Å². The van der Waals surface area contributed by atoms with Gasteiger partial charge in [-0.3, -0.25) is 0 Å². The van der Waals surface area contributed by atoms with Crippen molar-refractivity contribution >= 4 is 34.2 Å². The molecule has 28 heavy (non-hydrogen) atoms. The zero-order valence-corrected chi connectivity index (χ0v) is 17.4. The van der Waals surface area contributed by atoms with Crippen LogP contribution in [0, 0.1) is 0 Å². The first-order chi connectivity index (χ1) is 13.6. The number of methoxy groups -OCH3 is 1. The van der Waals surface area contributed by atoms with Crippen LogP contribution in [0.2, 0.25) is 0 Å². The predicted octanol–water partition coefficient (Wildman–Crippen LogP) is 4.49. The molecule has 0 saturated carbocycles. The Labute approximate surface area is 172 Å². The minimum absolute atomic E-state index is 0.183. The van der Waals surface area contributed by atoms with Crippen LogP contribution in [0.25, 0.3) is 16.3 Å². The third-order valence-corrected chi connectivity index (χ3v) is 5.96. The summed E-state index contributed by atoms with van der Waals surface area (Å²) in [6, 6.07) is 11.7. The lowest BCUT2D eigenvalue weighted by Gasteiger charge is -2.36. The lowest BCUT2D eigenvalue weighted by Crippen LogP contribution is -2.45. The van der Waals surface area contributed by atoms with Crippen molar-refractivity contribution in [2.75, 3.05) is 13.7 Å². The molecule has 0 bridgehead atoms. The first-order valence-electron chi connectivity index (χ1n) is 8.93. The summed E-state index contributed by atoms with van der Waals surface area (Å²) in [5.74, 6) is 1.89. The molecule has 2 aromatic heterocycles. The van der Waals surface area contributed by atoms with Gasteiger partial charge in [-0.2, -0.15) is 4.98 Å². The van der Waals surface area contributed by atoms with Crippen molar-refractivity contribution in [1.82, 2.24) is 20.4 Å². The number of nitrogens with one attached hydrogen (secondary N) is 1. The summed E-state index contributed by atoms with van der Waals surface area (Å²) < 4.78 is 11.0. The fraction of sp³-hybridized carbons (Fsp3) is 0.250. The molecule has 0 spiro atoms. The van der Waals surface area contributed by atoms with E-state index in [0.29, 0.717) is 16.8 Å². The molecule has 1 aliphatic heterocycles. The Balaban J connectivity index is 1.80. The average Bonchev–Trinajstić information content (AvgIpc) is 3.40. The Morgan fingerprint density at radius 1 is 1.29 bits per heavy atom. The molecule has 144 valence electrons. The number of allylic oxidation sites excluding steroid dienone is 1. The summed E-state index contributed by atoms with van der Waals surface area (Å²) in [4.78, 5) is 7.68. The Morgan fingerprint density at radius 2 is 2.07 bits per heavy atom. The van der Waals surface area contributed by atoms with E-state index in [0.717, 1.165) is 34.0 Å². The molecule has 1 aliphatic rings. The minimum Gasteiger partial charge on any atom is -0.497 e. The van der Waals surface area contributed by atoms with Gasteiger partial charge in [0.05, 0.1) is 23.6 Å². The highest BCUT2D eigenvalue weighted by Gasteiger charge is 2.33. The number of rotatable bonds is 5. The summed E-state index contributed by atoms with van der Waals surface area (Å²) >= 11 is 7.17. The van der Waals surface area contributed by atoms with Gasteiger partial charge in [0.1, 0.15) is 5.75 Å². The number of benzene rings is 1. The SMILES string of the molecule is CCN1C(=S)NC(c2ccc(OC)cc2)C(c2nc(-c3cccs3)no2)=C1C. The molecule has 0 amide bonds. The number of aromatic nitrogens is 2. The molecule has 0 fully saturated rings. The quantitative estimate of drug-likeness (QED) is 0.620. The molecule has 3 heterocycles. The van der Waals surface area contributed by atoms with Crippen molar-refractivity contribution in [3.05, 3.63) is 58.9 Å². The Morgan fingerprint density at radius 3 is 2.71 bits per heavy atom. The van der Waals surface area contributed by atoms with E-state index in [9.17, 15) is 0 Å². The molecule has 3 aromatic rings. The third kappa shape index (κ3) is 3.29. The molecular weight excluding hydrogens is 392 g/mol. The molecule has 0 aliphatic carbocycles. The van der Waals surface area contributed by atoms with Gasteiger partial charge in [0, 0.05) is 12.2 Å². The predicted molar refractivity (Wildman–Crippen MR) is 114 cm³/mol. The van der Waals surface area contributed by atoms with Gasteiger partial charge < -0.3 is 19.5 Å². The van der Waals surface area contributed by atoms with Crippen LogP contribution in [0.3, 0.4) is 0 Å². The van der Waals surface area contributed by atoms with E-state index in [4.69, 9.17) is 21.5 Å². The van der Waals surface area contributed by atoms with E-state index >= 15 is 0 Å². The van der Waals surface area contributed by atoms with Crippen LogP contribution >= 0.6 is 23.6 Å². The number of hydrogen-bond donors (Lipinski definition) is 1. The molecule has 8 heteroatoms. The second-order valence-electron chi connectivity index (χ2n) is 6.30. The highest BCUT2D eigenvalue weighted by molar-refractivity contribution is 7.80. The van der Waals surface area contributed by atoms with Crippen LogP contribution in [0.5, 0.6) is 5.75 Å². The van der Waals surface area contributed by atoms with Gasteiger partial charge in [-0.15, -0.1) is 11.3 Å². The van der Waals surface area contributed by atoms with Crippen LogP contribution in [-0.4, -0.2) is 33.8 Å². The minimum atomic E-state index is -0.183. The van der Waals surface area contributed by atoms with E-state index < -0.39 is 0 Å². The maximum atomic E-state index is 5.68. The molecule has 0 saturated heterocycles. The Hall–Kier alpha value is -2.71. The number of nitrogens with zero attached hydrogens (tertiary/aromatic N) is 3. The second-order valence-corrected chi connectivity index (χ2v) is 7.63. The number of thiocarbonyl (C=S) groups is 1. The van der Waals surface area contributed by atoms with E-state index in [1.807, 2.05) is 53.6 Å². The molecule has 1 N–H and O–H groups in total. The summed E-state index contributed by atoms with van der Waals surface area (Å²) in [6.07, 6.45) is 0. The summed E-state index contributed by atoms with van der Waals surface area (Å²) in [5, 5.41) is 10.3. The lowest BCUT2D eigenvalue weighted by atomic mass is 9.95. The maximum Gasteiger partial charge on any atom is 0.258 e. The third-order valence-electron chi connectivity index (χ3n) is 4.76. The molecule has 6 nitrogen and oxygen atoms in total. The fourth-order valence-electron chi connectivity index (χ4n) is 3.32. The lowest BCUT2D eigenvalue weighted by molar-refractivity contribution is 0.398. The molecule has 1 atom stereocenters. The molecule has 1 unspecified atom stereocenters. The normalized spacial score (nSPS) is 17.0. The number of thiophene rings is 1. The zero-order chi connectivity index (χ0) is 19.7.